The third kappa shape index (κ3) is 2.77. The van der Waals surface area contributed by atoms with Crippen LogP contribution in [0.5, 0.6) is 0 Å². The third-order valence-electron chi connectivity index (χ3n) is 3.85. The molecule has 0 bridgehead atoms. The van der Waals surface area contributed by atoms with E-state index in [1.165, 1.54) is 0 Å². The monoisotopic (exact) mass is 281 g/mol. The second-order valence-electron chi connectivity index (χ2n) is 6.01. The zero-order valence-electron chi connectivity index (χ0n) is 12.6. The van der Waals surface area contributed by atoms with Crippen LogP contribution in [0.1, 0.15) is 45.3 Å². The van der Waals surface area contributed by atoms with Crippen molar-refractivity contribution >= 4 is 11.5 Å². The molecular weight excluding hydrogens is 258 g/mol. The maximum Gasteiger partial charge on any atom is 0.333 e. The number of piperidine rings is 1. The molecule has 1 aliphatic heterocycles. The molecule has 2 N–H and O–H groups in total. The summed E-state index contributed by atoms with van der Waals surface area (Å²) in [4.78, 5) is 11.0. The van der Waals surface area contributed by atoms with Crippen LogP contribution in [0, 0.1) is 17.0 Å². The van der Waals surface area contributed by atoms with E-state index >= 15 is 0 Å². The van der Waals surface area contributed by atoms with Gasteiger partial charge in [0, 0.05) is 11.6 Å². The van der Waals surface area contributed by atoms with Crippen molar-refractivity contribution < 1.29 is 4.92 Å². The number of rotatable bonds is 4. The average Bonchev–Trinajstić information content (AvgIpc) is 2.66. The van der Waals surface area contributed by atoms with Crippen molar-refractivity contribution in [2.75, 3.05) is 18.4 Å². The van der Waals surface area contributed by atoms with Crippen LogP contribution in [0.15, 0.2) is 0 Å². The number of nitro groups is 1. The highest BCUT2D eigenvalue weighted by molar-refractivity contribution is 5.61. The topological polar surface area (TPSA) is 85.0 Å². The number of hydrogen-bond acceptors (Lipinski definition) is 5. The van der Waals surface area contributed by atoms with Gasteiger partial charge in [-0.2, -0.15) is 5.10 Å². The van der Waals surface area contributed by atoms with Gasteiger partial charge in [0.1, 0.15) is 5.69 Å². The molecule has 0 radical (unpaired) electrons. The number of aryl methyl sites for hydroxylation is 1. The molecular formula is C13H23N5O2. The Hall–Kier alpha value is -1.63. The van der Waals surface area contributed by atoms with Crippen molar-refractivity contribution in [3.63, 3.8) is 0 Å². The van der Waals surface area contributed by atoms with Gasteiger partial charge in [-0.05, 0) is 53.6 Å². The quantitative estimate of drug-likeness (QED) is 0.653. The fourth-order valence-electron chi connectivity index (χ4n) is 2.64. The van der Waals surface area contributed by atoms with E-state index in [-0.39, 0.29) is 22.2 Å². The molecule has 20 heavy (non-hydrogen) atoms. The molecule has 0 amide bonds. The Balaban J connectivity index is 2.40. The summed E-state index contributed by atoms with van der Waals surface area (Å²) in [5, 5.41) is 22.4. The highest BCUT2D eigenvalue weighted by atomic mass is 16.6. The summed E-state index contributed by atoms with van der Waals surface area (Å²) in [5.74, 6) is 0.534. The van der Waals surface area contributed by atoms with Crippen molar-refractivity contribution in [1.82, 2.24) is 15.1 Å². The molecule has 1 aromatic rings. The molecule has 0 aromatic carbocycles. The summed E-state index contributed by atoms with van der Waals surface area (Å²) >= 11 is 0. The van der Waals surface area contributed by atoms with E-state index < -0.39 is 0 Å². The first-order valence-electron chi connectivity index (χ1n) is 7.06. The SMILES string of the molecule is Cc1nn(C(C)C)c(NC2(C)CCNCC2)c1[N+](=O)[O-]. The molecule has 1 fully saturated rings. The Morgan fingerprint density at radius 1 is 1.45 bits per heavy atom. The second kappa shape index (κ2) is 5.40. The van der Waals surface area contributed by atoms with E-state index in [4.69, 9.17) is 0 Å². The fourth-order valence-corrected chi connectivity index (χ4v) is 2.64. The zero-order valence-corrected chi connectivity index (χ0v) is 12.6. The van der Waals surface area contributed by atoms with Crippen LogP contribution < -0.4 is 10.6 Å². The second-order valence-corrected chi connectivity index (χ2v) is 6.01. The molecule has 0 spiro atoms. The van der Waals surface area contributed by atoms with Gasteiger partial charge in [0.25, 0.3) is 0 Å². The predicted molar refractivity (Wildman–Crippen MR) is 78.1 cm³/mol. The molecule has 2 heterocycles. The largest absolute Gasteiger partial charge is 0.359 e. The van der Waals surface area contributed by atoms with E-state index in [0.717, 1.165) is 25.9 Å². The van der Waals surface area contributed by atoms with Crippen LogP contribution in [0.25, 0.3) is 0 Å². The Labute approximate surface area is 118 Å². The van der Waals surface area contributed by atoms with Gasteiger partial charge < -0.3 is 10.6 Å². The Morgan fingerprint density at radius 3 is 2.55 bits per heavy atom. The first-order chi connectivity index (χ1) is 9.34. The smallest absolute Gasteiger partial charge is 0.333 e. The Bertz CT molecular complexity index is 503. The maximum absolute atomic E-state index is 11.3. The van der Waals surface area contributed by atoms with Crippen LogP contribution in [-0.2, 0) is 0 Å². The van der Waals surface area contributed by atoms with Crippen LogP contribution in [0.4, 0.5) is 11.5 Å². The van der Waals surface area contributed by atoms with Gasteiger partial charge in [0.2, 0.25) is 5.82 Å². The minimum absolute atomic E-state index is 0.0789. The molecule has 1 aliphatic rings. The lowest BCUT2D eigenvalue weighted by atomic mass is 9.90. The summed E-state index contributed by atoms with van der Waals surface area (Å²) in [5.41, 5.74) is 0.428. The lowest BCUT2D eigenvalue weighted by molar-refractivity contribution is -0.384. The van der Waals surface area contributed by atoms with Gasteiger partial charge in [-0.1, -0.05) is 0 Å². The minimum atomic E-state index is -0.339. The third-order valence-corrected chi connectivity index (χ3v) is 3.85. The first kappa shape index (κ1) is 14.8. The summed E-state index contributed by atoms with van der Waals surface area (Å²) < 4.78 is 1.72. The highest BCUT2D eigenvalue weighted by Crippen LogP contribution is 2.34. The van der Waals surface area contributed by atoms with Gasteiger partial charge in [0.15, 0.2) is 0 Å². The predicted octanol–water partition coefficient (Wildman–Crippen LogP) is 2.23. The molecule has 0 saturated carbocycles. The van der Waals surface area contributed by atoms with Crippen molar-refractivity contribution in [2.24, 2.45) is 0 Å². The van der Waals surface area contributed by atoms with Crippen LogP contribution >= 0.6 is 0 Å². The number of nitrogens with zero attached hydrogens (tertiary/aromatic N) is 3. The van der Waals surface area contributed by atoms with E-state index in [2.05, 4.69) is 22.7 Å². The number of hydrogen-bond donors (Lipinski definition) is 2. The van der Waals surface area contributed by atoms with Crippen molar-refractivity contribution in [2.45, 2.75) is 52.1 Å². The molecule has 7 heteroatoms. The van der Waals surface area contributed by atoms with Crippen LogP contribution in [-0.4, -0.2) is 33.3 Å². The Morgan fingerprint density at radius 2 is 2.05 bits per heavy atom. The van der Waals surface area contributed by atoms with Gasteiger partial charge in [-0.3, -0.25) is 10.1 Å². The Kier molecular flexibility index (Phi) is 3.99. The molecule has 2 rings (SSSR count). The lowest BCUT2D eigenvalue weighted by Crippen LogP contribution is -2.45. The van der Waals surface area contributed by atoms with Crippen LogP contribution in [0.3, 0.4) is 0 Å². The van der Waals surface area contributed by atoms with Gasteiger partial charge in [0.05, 0.1) is 4.92 Å². The fraction of sp³-hybridized carbons (Fsp3) is 0.769. The number of anilines is 1. The summed E-state index contributed by atoms with van der Waals surface area (Å²) in [6.45, 7) is 9.61. The van der Waals surface area contributed by atoms with E-state index in [1.807, 2.05) is 13.8 Å². The molecule has 1 aromatic heterocycles. The minimum Gasteiger partial charge on any atom is -0.359 e. The maximum atomic E-state index is 11.3. The van der Waals surface area contributed by atoms with E-state index in [0.29, 0.717) is 11.5 Å². The average molecular weight is 281 g/mol. The lowest BCUT2D eigenvalue weighted by Gasteiger charge is -2.35. The summed E-state index contributed by atoms with van der Waals surface area (Å²) in [6.07, 6.45) is 1.87. The molecule has 7 nitrogen and oxygen atoms in total. The van der Waals surface area contributed by atoms with Crippen molar-refractivity contribution in [3.8, 4) is 0 Å². The zero-order chi connectivity index (χ0) is 14.9. The normalized spacial score (nSPS) is 18.2. The van der Waals surface area contributed by atoms with Crippen molar-refractivity contribution in [3.05, 3.63) is 15.8 Å². The standard InChI is InChI=1S/C13H23N5O2/c1-9(2)17-12(11(18(19)20)10(3)16-17)15-13(4)5-7-14-8-6-13/h9,14-15H,5-8H2,1-4H3. The van der Waals surface area contributed by atoms with Crippen LogP contribution in [0.2, 0.25) is 0 Å². The molecule has 0 aliphatic carbocycles. The van der Waals surface area contributed by atoms with Gasteiger partial charge in [-0.15, -0.1) is 0 Å². The van der Waals surface area contributed by atoms with E-state index in [9.17, 15) is 10.1 Å². The first-order valence-corrected chi connectivity index (χ1v) is 7.06. The number of aromatic nitrogens is 2. The number of nitrogens with one attached hydrogen (secondary N) is 2. The molecule has 0 unspecified atom stereocenters. The van der Waals surface area contributed by atoms with Gasteiger partial charge >= 0.3 is 5.69 Å². The van der Waals surface area contributed by atoms with E-state index in [1.54, 1.807) is 11.6 Å². The van der Waals surface area contributed by atoms with Gasteiger partial charge in [-0.25, -0.2) is 4.68 Å². The highest BCUT2D eigenvalue weighted by Gasteiger charge is 2.33. The van der Waals surface area contributed by atoms with Crippen molar-refractivity contribution in [1.29, 1.82) is 0 Å². The molecule has 1 saturated heterocycles. The summed E-state index contributed by atoms with van der Waals surface area (Å²) in [7, 11) is 0. The molecule has 112 valence electrons. The summed E-state index contributed by atoms with van der Waals surface area (Å²) in [6, 6.07) is 0.0789. The molecule has 0 atom stereocenters.